The molecule has 1 aromatic heterocycles. The van der Waals surface area contributed by atoms with Gasteiger partial charge < -0.3 is 20.6 Å². The van der Waals surface area contributed by atoms with E-state index in [1.807, 2.05) is 4.90 Å². The number of nitrogen functional groups attached to an aromatic ring is 1. The van der Waals surface area contributed by atoms with E-state index in [4.69, 9.17) is 10.8 Å². The van der Waals surface area contributed by atoms with Gasteiger partial charge >= 0.3 is 0 Å². The van der Waals surface area contributed by atoms with E-state index in [1.165, 1.54) is 6.42 Å². The van der Waals surface area contributed by atoms with Crippen LogP contribution in [0.15, 0.2) is 0 Å². The van der Waals surface area contributed by atoms with Crippen LogP contribution in [0.3, 0.4) is 0 Å². The Hall–Kier alpha value is -1.63. The molecule has 112 valence electrons. The largest absolute Gasteiger partial charge is 0.395 e. The fraction of sp³-hybridized carbons (Fsp3) is 0.769. The van der Waals surface area contributed by atoms with Gasteiger partial charge in [0.25, 0.3) is 0 Å². The molecule has 1 saturated heterocycles. The minimum atomic E-state index is 0.0740. The third-order valence-electron chi connectivity index (χ3n) is 3.41. The van der Waals surface area contributed by atoms with Crippen LogP contribution in [0.2, 0.25) is 0 Å². The van der Waals surface area contributed by atoms with Crippen LogP contribution in [0.4, 0.5) is 17.8 Å². The zero-order valence-corrected chi connectivity index (χ0v) is 12.1. The number of anilines is 3. The first kappa shape index (κ1) is 14.8. The number of aromatic nitrogens is 3. The summed E-state index contributed by atoms with van der Waals surface area (Å²) < 4.78 is 0. The Bertz CT molecular complexity index is 415. The molecule has 0 spiro atoms. The lowest BCUT2D eigenvalue weighted by Gasteiger charge is -2.28. The van der Waals surface area contributed by atoms with Gasteiger partial charge in [0.15, 0.2) is 0 Å². The fourth-order valence-corrected chi connectivity index (χ4v) is 2.45. The first-order valence-corrected chi connectivity index (χ1v) is 7.37. The van der Waals surface area contributed by atoms with E-state index >= 15 is 0 Å². The molecule has 7 nitrogen and oxygen atoms in total. The number of rotatable bonds is 6. The Morgan fingerprint density at radius 3 is 2.55 bits per heavy atom. The molecule has 1 aliphatic heterocycles. The Morgan fingerprint density at radius 2 is 1.90 bits per heavy atom. The summed E-state index contributed by atoms with van der Waals surface area (Å²) in [6.45, 7) is 5.40. The molecular weight excluding hydrogens is 256 g/mol. The molecule has 0 radical (unpaired) electrons. The van der Waals surface area contributed by atoms with E-state index in [9.17, 15) is 0 Å². The molecule has 0 amide bonds. The maximum atomic E-state index is 9.16. The zero-order chi connectivity index (χ0) is 14.4. The second-order valence-corrected chi connectivity index (χ2v) is 5.05. The molecule has 1 aliphatic rings. The first-order valence-electron chi connectivity index (χ1n) is 7.37. The molecule has 0 bridgehead atoms. The molecule has 2 rings (SSSR count). The van der Waals surface area contributed by atoms with E-state index in [-0.39, 0.29) is 12.6 Å². The third kappa shape index (κ3) is 3.69. The Balaban J connectivity index is 2.21. The lowest BCUT2D eigenvalue weighted by atomic mass is 10.1. The van der Waals surface area contributed by atoms with Crippen molar-refractivity contribution in [3.05, 3.63) is 0 Å². The van der Waals surface area contributed by atoms with Crippen molar-refractivity contribution in [3.63, 3.8) is 0 Å². The Morgan fingerprint density at radius 1 is 1.15 bits per heavy atom. The van der Waals surface area contributed by atoms with E-state index in [1.54, 1.807) is 0 Å². The van der Waals surface area contributed by atoms with Gasteiger partial charge in [-0.05, 0) is 25.7 Å². The number of hydrogen-bond acceptors (Lipinski definition) is 7. The van der Waals surface area contributed by atoms with Gasteiger partial charge in [-0.2, -0.15) is 15.0 Å². The smallest absolute Gasteiger partial charge is 0.232 e. The summed E-state index contributed by atoms with van der Waals surface area (Å²) in [6, 6.07) is 0. The molecule has 0 atom stereocenters. The van der Waals surface area contributed by atoms with Crippen molar-refractivity contribution < 1.29 is 5.11 Å². The lowest BCUT2D eigenvalue weighted by molar-refractivity contribution is 0.301. The summed E-state index contributed by atoms with van der Waals surface area (Å²) >= 11 is 0. The third-order valence-corrected chi connectivity index (χ3v) is 3.41. The maximum absolute atomic E-state index is 9.16. The topological polar surface area (TPSA) is 91.4 Å². The Kier molecular flexibility index (Phi) is 5.34. The molecular formula is C13H24N6O. The highest BCUT2D eigenvalue weighted by Crippen LogP contribution is 2.19. The first-order chi connectivity index (χ1) is 9.74. The molecule has 1 aromatic rings. The van der Waals surface area contributed by atoms with Gasteiger partial charge in [0, 0.05) is 26.2 Å². The summed E-state index contributed by atoms with van der Waals surface area (Å²) in [4.78, 5) is 17.1. The average molecular weight is 280 g/mol. The molecule has 1 fully saturated rings. The van der Waals surface area contributed by atoms with Crippen molar-refractivity contribution in [2.45, 2.75) is 32.6 Å². The molecule has 0 unspecified atom stereocenters. The van der Waals surface area contributed by atoms with Crippen LogP contribution in [-0.4, -0.2) is 52.8 Å². The predicted molar refractivity (Wildman–Crippen MR) is 79.9 cm³/mol. The van der Waals surface area contributed by atoms with E-state index in [2.05, 4.69) is 26.8 Å². The van der Waals surface area contributed by atoms with Crippen LogP contribution in [0.5, 0.6) is 0 Å². The molecule has 20 heavy (non-hydrogen) atoms. The summed E-state index contributed by atoms with van der Waals surface area (Å²) in [6.07, 6.45) is 4.55. The summed E-state index contributed by atoms with van der Waals surface area (Å²) in [5.74, 6) is 1.47. The van der Waals surface area contributed by atoms with Crippen molar-refractivity contribution >= 4 is 17.8 Å². The van der Waals surface area contributed by atoms with Gasteiger partial charge in [0.1, 0.15) is 0 Å². The van der Waals surface area contributed by atoms with Gasteiger partial charge in [-0.3, -0.25) is 0 Å². The number of hydrogen-bond donors (Lipinski definition) is 2. The molecule has 2 heterocycles. The van der Waals surface area contributed by atoms with E-state index in [0.29, 0.717) is 18.4 Å². The van der Waals surface area contributed by atoms with Crippen LogP contribution in [0.25, 0.3) is 0 Å². The quantitative estimate of drug-likeness (QED) is 0.790. The highest BCUT2D eigenvalue weighted by atomic mass is 16.3. The SMILES string of the molecule is CCCN(CCO)c1nc(N)nc(N2CCCCC2)n1. The molecule has 0 saturated carbocycles. The standard InChI is InChI=1S/C13H24N6O/c1-2-6-18(9-10-20)12-15-11(14)16-13(17-12)19-7-4-3-5-8-19/h20H,2-10H2,1H3,(H2,14,15,16,17). The van der Waals surface area contributed by atoms with Gasteiger partial charge in [0.05, 0.1) is 6.61 Å². The van der Waals surface area contributed by atoms with Crippen LogP contribution in [-0.2, 0) is 0 Å². The van der Waals surface area contributed by atoms with Crippen molar-refractivity contribution in [2.75, 3.05) is 48.3 Å². The normalized spacial score (nSPS) is 15.4. The highest BCUT2D eigenvalue weighted by Gasteiger charge is 2.17. The molecule has 0 aromatic carbocycles. The number of piperidine rings is 1. The van der Waals surface area contributed by atoms with Gasteiger partial charge in [0.2, 0.25) is 17.8 Å². The molecule has 7 heteroatoms. The van der Waals surface area contributed by atoms with E-state index < -0.39 is 0 Å². The monoisotopic (exact) mass is 280 g/mol. The predicted octanol–water partition coefficient (Wildman–Crippen LogP) is 0.653. The minimum absolute atomic E-state index is 0.0740. The number of aliphatic hydroxyl groups excluding tert-OH is 1. The fourth-order valence-electron chi connectivity index (χ4n) is 2.45. The van der Waals surface area contributed by atoms with Crippen LogP contribution in [0, 0.1) is 0 Å². The summed E-state index contributed by atoms with van der Waals surface area (Å²) in [5, 5.41) is 9.16. The van der Waals surface area contributed by atoms with E-state index in [0.717, 1.165) is 38.9 Å². The lowest BCUT2D eigenvalue weighted by Crippen LogP contribution is -2.34. The van der Waals surface area contributed by atoms with Crippen LogP contribution < -0.4 is 15.5 Å². The second-order valence-electron chi connectivity index (χ2n) is 5.05. The average Bonchev–Trinajstić information content (AvgIpc) is 2.47. The van der Waals surface area contributed by atoms with Gasteiger partial charge in [-0.15, -0.1) is 0 Å². The number of aliphatic hydroxyl groups is 1. The Labute approximate surface area is 119 Å². The summed E-state index contributed by atoms with van der Waals surface area (Å²) in [5.41, 5.74) is 5.82. The molecule has 3 N–H and O–H groups in total. The van der Waals surface area contributed by atoms with Crippen LogP contribution in [0.1, 0.15) is 32.6 Å². The van der Waals surface area contributed by atoms with Crippen LogP contribution >= 0.6 is 0 Å². The number of nitrogens with two attached hydrogens (primary N) is 1. The van der Waals surface area contributed by atoms with Gasteiger partial charge in [-0.25, -0.2) is 0 Å². The second kappa shape index (κ2) is 7.23. The van der Waals surface area contributed by atoms with Crippen molar-refractivity contribution in [2.24, 2.45) is 0 Å². The van der Waals surface area contributed by atoms with Crippen molar-refractivity contribution in [1.82, 2.24) is 15.0 Å². The maximum Gasteiger partial charge on any atom is 0.232 e. The van der Waals surface area contributed by atoms with Gasteiger partial charge in [-0.1, -0.05) is 6.92 Å². The number of nitrogens with zero attached hydrogens (tertiary/aromatic N) is 5. The minimum Gasteiger partial charge on any atom is -0.395 e. The zero-order valence-electron chi connectivity index (χ0n) is 12.1. The molecule has 0 aliphatic carbocycles. The summed E-state index contributed by atoms with van der Waals surface area (Å²) in [7, 11) is 0. The van der Waals surface area contributed by atoms with Crippen molar-refractivity contribution in [1.29, 1.82) is 0 Å². The van der Waals surface area contributed by atoms with Crippen molar-refractivity contribution in [3.8, 4) is 0 Å². The highest BCUT2D eigenvalue weighted by molar-refractivity contribution is 5.43.